The van der Waals surface area contributed by atoms with Gasteiger partial charge in [-0.3, -0.25) is 4.79 Å². The first-order chi connectivity index (χ1) is 6.91. The van der Waals surface area contributed by atoms with Gasteiger partial charge in [-0.2, -0.15) is 0 Å². The van der Waals surface area contributed by atoms with Crippen LogP contribution in [0, 0.1) is 5.92 Å². The van der Waals surface area contributed by atoms with Crippen molar-refractivity contribution in [3.63, 3.8) is 0 Å². The molecule has 0 spiro atoms. The highest BCUT2D eigenvalue weighted by Gasteiger charge is 2.08. The van der Waals surface area contributed by atoms with Crippen molar-refractivity contribution in [2.24, 2.45) is 5.92 Å². The Morgan fingerprint density at radius 1 is 1.13 bits per heavy atom. The van der Waals surface area contributed by atoms with E-state index >= 15 is 0 Å². The molecule has 0 saturated carbocycles. The number of rotatable bonds is 7. The van der Waals surface area contributed by atoms with Crippen molar-refractivity contribution in [1.82, 2.24) is 5.32 Å². The van der Waals surface area contributed by atoms with Crippen molar-refractivity contribution in [3.05, 3.63) is 0 Å². The van der Waals surface area contributed by atoms with E-state index in [4.69, 9.17) is 4.74 Å². The molecule has 0 saturated heterocycles. The first-order valence-corrected chi connectivity index (χ1v) is 5.82. The van der Waals surface area contributed by atoms with Crippen LogP contribution in [-0.2, 0) is 9.53 Å². The molecular weight excluding hydrogens is 190 g/mol. The molecule has 0 aliphatic heterocycles. The zero-order valence-corrected chi connectivity index (χ0v) is 10.7. The number of nitrogens with one attached hydrogen (secondary N) is 1. The minimum Gasteiger partial charge on any atom is -0.369 e. The molecule has 0 aromatic rings. The summed E-state index contributed by atoms with van der Waals surface area (Å²) in [7, 11) is 0. The summed E-state index contributed by atoms with van der Waals surface area (Å²) >= 11 is 0. The molecule has 1 unspecified atom stereocenters. The first-order valence-electron chi connectivity index (χ1n) is 5.82. The first kappa shape index (κ1) is 14.4. The van der Waals surface area contributed by atoms with Crippen LogP contribution in [-0.4, -0.2) is 24.7 Å². The van der Waals surface area contributed by atoms with Gasteiger partial charge in [-0.15, -0.1) is 0 Å². The molecule has 15 heavy (non-hydrogen) atoms. The second-order valence-corrected chi connectivity index (χ2v) is 4.80. The zero-order chi connectivity index (χ0) is 11.8. The van der Waals surface area contributed by atoms with Crippen molar-refractivity contribution in [2.75, 3.05) is 6.61 Å². The van der Waals surface area contributed by atoms with Gasteiger partial charge in [0, 0.05) is 6.04 Å². The Labute approximate surface area is 93.6 Å². The van der Waals surface area contributed by atoms with Gasteiger partial charge in [-0.05, 0) is 39.5 Å². The monoisotopic (exact) mass is 215 g/mol. The van der Waals surface area contributed by atoms with Crippen LogP contribution in [0.3, 0.4) is 0 Å². The van der Waals surface area contributed by atoms with E-state index in [0.717, 1.165) is 12.8 Å². The van der Waals surface area contributed by atoms with Crippen molar-refractivity contribution in [1.29, 1.82) is 0 Å². The van der Waals surface area contributed by atoms with Crippen molar-refractivity contribution < 1.29 is 9.53 Å². The molecule has 0 fully saturated rings. The molecule has 1 N–H and O–H groups in total. The predicted molar refractivity (Wildman–Crippen MR) is 62.8 cm³/mol. The van der Waals surface area contributed by atoms with Crippen molar-refractivity contribution in [2.45, 2.75) is 59.6 Å². The Hall–Kier alpha value is -0.570. The standard InChI is InChI=1S/C12H25NO2/c1-9(2)6-7-11(5)13-12(14)8-15-10(3)4/h9-11H,6-8H2,1-5H3,(H,13,14). The van der Waals surface area contributed by atoms with Gasteiger partial charge in [0.15, 0.2) is 0 Å². The lowest BCUT2D eigenvalue weighted by molar-refractivity contribution is -0.127. The summed E-state index contributed by atoms with van der Waals surface area (Å²) in [4.78, 5) is 11.4. The van der Waals surface area contributed by atoms with Gasteiger partial charge in [0.25, 0.3) is 0 Å². The average Bonchev–Trinajstić information content (AvgIpc) is 2.11. The van der Waals surface area contributed by atoms with Gasteiger partial charge in [0.2, 0.25) is 5.91 Å². The van der Waals surface area contributed by atoms with Crippen LogP contribution in [0.15, 0.2) is 0 Å². The summed E-state index contributed by atoms with van der Waals surface area (Å²) < 4.78 is 5.22. The van der Waals surface area contributed by atoms with Crippen LogP contribution < -0.4 is 5.32 Å². The maximum absolute atomic E-state index is 11.4. The van der Waals surface area contributed by atoms with E-state index in [1.54, 1.807) is 0 Å². The van der Waals surface area contributed by atoms with Gasteiger partial charge in [-0.1, -0.05) is 13.8 Å². The van der Waals surface area contributed by atoms with E-state index in [9.17, 15) is 4.79 Å². The number of carbonyl (C=O) groups is 1. The SMILES string of the molecule is CC(C)CCC(C)NC(=O)COC(C)C. The molecule has 0 radical (unpaired) electrons. The van der Waals surface area contributed by atoms with Gasteiger partial charge in [-0.25, -0.2) is 0 Å². The Morgan fingerprint density at radius 2 is 1.73 bits per heavy atom. The topological polar surface area (TPSA) is 38.3 Å². The Morgan fingerprint density at radius 3 is 2.20 bits per heavy atom. The van der Waals surface area contributed by atoms with Crippen LogP contribution >= 0.6 is 0 Å². The van der Waals surface area contributed by atoms with Gasteiger partial charge >= 0.3 is 0 Å². The number of hydrogen-bond acceptors (Lipinski definition) is 2. The summed E-state index contributed by atoms with van der Waals surface area (Å²) in [6, 6.07) is 0.246. The van der Waals surface area contributed by atoms with E-state index in [-0.39, 0.29) is 24.7 Å². The van der Waals surface area contributed by atoms with Gasteiger partial charge in [0.1, 0.15) is 6.61 Å². The summed E-state index contributed by atoms with van der Waals surface area (Å²) in [5, 5.41) is 2.93. The molecule has 3 heteroatoms. The lowest BCUT2D eigenvalue weighted by atomic mass is 10.0. The Kier molecular flexibility index (Phi) is 7.39. The largest absolute Gasteiger partial charge is 0.369 e. The average molecular weight is 215 g/mol. The van der Waals surface area contributed by atoms with E-state index in [1.165, 1.54) is 0 Å². The number of carbonyl (C=O) groups excluding carboxylic acids is 1. The van der Waals surface area contributed by atoms with Crippen LogP contribution in [0.1, 0.15) is 47.5 Å². The van der Waals surface area contributed by atoms with Gasteiger partial charge < -0.3 is 10.1 Å². The smallest absolute Gasteiger partial charge is 0.246 e. The highest BCUT2D eigenvalue weighted by Crippen LogP contribution is 2.06. The molecule has 0 aromatic heterocycles. The third kappa shape index (κ3) is 9.73. The van der Waals surface area contributed by atoms with Crippen LogP contribution in [0.25, 0.3) is 0 Å². The lowest BCUT2D eigenvalue weighted by Crippen LogP contribution is -2.36. The van der Waals surface area contributed by atoms with Crippen LogP contribution in [0.5, 0.6) is 0 Å². The fourth-order valence-electron chi connectivity index (χ4n) is 1.21. The Balaban J connectivity index is 3.57. The highest BCUT2D eigenvalue weighted by molar-refractivity contribution is 5.77. The molecule has 0 aliphatic rings. The second kappa shape index (κ2) is 7.69. The number of ether oxygens (including phenoxy) is 1. The number of hydrogen-bond donors (Lipinski definition) is 1. The normalized spacial score (nSPS) is 13.3. The van der Waals surface area contributed by atoms with E-state index in [1.807, 2.05) is 20.8 Å². The van der Waals surface area contributed by atoms with Crippen molar-refractivity contribution >= 4 is 5.91 Å². The third-order valence-electron chi connectivity index (χ3n) is 2.13. The molecule has 0 aliphatic carbocycles. The second-order valence-electron chi connectivity index (χ2n) is 4.80. The summed E-state index contributed by atoms with van der Waals surface area (Å²) in [6.07, 6.45) is 2.29. The van der Waals surface area contributed by atoms with Crippen molar-refractivity contribution in [3.8, 4) is 0 Å². The highest BCUT2D eigenvalue weighted by atomic mass is 16.5. The number of amides is 1. The fourth-order valence-corrected chi connectivity index (χ4v) is 1.21. The molecule has 0 bridgehead atoms. The van der Waals surface area contributed by atoms with E-state index in [0.29, 0.717) is 5.92 Å². The summed E-state index contributed by atoms with van der Waals surface area (Å²) in [5.74, 6) is 0.677. The molecule has 3 nitrogen and oxygen atoms in total. The lowest BCUT2D eigenvalue weighted by Gasteiger charge is -2.15. The molecule has 90 valence electrons. The molecule has 0 heterocycles. The summed E-state index contributed by atoms with van der Waals surface area (Å²) in [6.45, 7) is 10.4. The maximum Gasteiger partial charge on any atom is 0.246 e. The Bertz CT molecular complexity index is 178. The van der Waals surface area contributed by atoms with Crippen LogP contribution in [0.4, 0.5) is 0 Å². The molecule has 1 atom stereocenters. The van der Waals surface area contributed by atoms with E-state index in [2.05, 4.69) is 19.2 Å². The van der Waals surface area contributed by atoms with Gasteiger partial charge in [0.05, 0.1) is 6.10 Å². The zero-order valence-electron chi connectivity index (χ0n) is 10.7. The third-order valence-corrected chi connectivity index (χ3v) is 2.13. The molecule has 1 amide bonds. The maximum atomic E-state index is 11.4. The summed E-state index contributed by atoms with van der Waals surface area (Å²) in [5.41, 5.74) is 0. The van der Waals surface area contributed by atoms with E-state index < -0.39 is 0 Å². The molecule has 0 aromatic carbocycles. The minimum absolute atomic E-state index is 0.0139. The minimum atomic E-state index is -0.0139. The molecule has 0 rings (SSSR count). The molecular formula is C12H25NO2. The van der Waals surface area contributed by atoms with Crippen LogP contribution in [0.2, 0.25) is 0 Å². The fraction of sp³-hybridized carbons (Fsp3) is 0.917. The quantitative estimate of drug-likeness (QED) is 0.708. The predicted octanol–water partition coefficient (Wildman–Crippen LogP) is 2.35.